The molecule has 1 aromatic carbocycles. The van der Waals surface area contributed by atoms with E-state index >= 15 is 0 Å². The molecule has 2 amide bonds. The molecule has 1 heterocycles. The van der Waals surface area contributed by atoms with Crippen LogP contribution in [0.25, 0.3) is 0 Å². The Morgan fingerprint density at radius 1 is 1.38 bits per heavy atom. The van der Waals surface area contributed by atoms with Gasteiger partial charge in [-0.15, -0.1) is 0 Å². The number of benzene rings is 1. The number of anilines is 1. The molecule has 21 heavy (non-hydrogen) atoms. The van der Waals surface area contributed by atoms with Gasteiger partial charge in [0, 0.05) is 17.3 Å². The lowest BCUT2D eigenvalue weighted by molar-refractivity contribution is -0.124. The molecule has 5 nitrogen and oxygen atoms in total. The maximum absolute atomic E-state index is 12.3. The first-order valence-electron chi connectivity index (χ1n) is 7.53. The third-order valence-corrected chi connectivity index (χ3v) is 4.36. The zero-order valence-electron chi connectivity index (χ0n) is 12.3. The zero-order valence-corrected chi connectivity index (χ0v) is 12.3. The summed E-state index contributed by atoms with van der Waals surface area (Å²) in [6.07, 6.45) is 4.41. The van der Waals surface area contributed by atoms with Crippen LogP contribution in [0, 0.1) is 6.92 Å². The van der Waals surface area contributed by atoms with Crippen molar-refractivity contribution >= 4 is 17.5 Å². The maximum atomic E-state index is 12.3. The summed E-state index contributed by atoms with van der Waals surface area (Å²) in [5.74, 6) is -0.298. The van der Waals surface area contributed by atoms with Crippen molar-refractivity contribution in [3.05, 3.63) is 29.3 Å². The minimum Gasteiger partial charge on any atom is -0.352 e. The van der Waals surface area contributed by atoms with Gasteiger partial charge in [-0.2, -0.15) is 0 Å². The molecule has 3 rings (SSSR count). The van der Waals surface area contributed by atoms with E-state index in [1.807, 2.05) is 25.1 Å². The predicted molar refractivity (Wildman–Crippen MR) is 80.9 cm³/mol. The van der Waals surface area contributed by atoms with Gasteiger partial charge in [0.05, 0.1) is 0 Å². The molecule has 0 aromatic heterocycles. The number of nitrogens with two attached hydrogens (primary N) is 1. The Kier molecular flexibility index (Phi) is 3.68. The minimum absolute atomic E-state index is 0.0547. The fourth-order valence-corrected chi connectivity index (χ4v) is 3.24. The van der Waals surface area contributed by atoms with Crippen molar-refractivity contribution in [3.8, 4) is 0 Å². The normalized spacial score (nSPS) is 21.7. The first-order valence-corrected chi connectivity index (χ1v) is 7.53. The van der Waals surface area contributed by atoms with Gasteiger partial charge in [0.2, 0.25) is 11.8 Å². The molecule has 1 aliphatic heterocycles. The number of nitrogens with one attached hydrogen (secondary N) is 1. The monoisotopic (exact) mass is 287 g/mol. The highest BCUT2D eigenvalue weighted by molar-refractivity contribution is 6.07. The molecule has 112 valence electrons. The molecule has 0 spiro atoms. The Morgan fingerprint density at radius 3 is 2.81 bits per heavy atom. The summed E-state index contributed by atoms with van der Waals surface area (Å²) in [4.78, 5) is 25.9. The Hall–Kier alpha value is -1.88. The van der Waals surface area contributed by atoms with Gasteiger partial charge < -0.3 is 16.0 Å². The molecule has 1 saturated carbocycles. The Balaban J connectivity index is 1.73. The number of rotatable bonds is 3. The number of hydrogen-bond acceptors (Lipinski definition) is 3. The van der Waals surface area contributed by atoms with Gasteiger partial charge in [-0.3, -0.25) is 9.59 Å². The van der Waals surface area contributed by atoms with Crippen molar-refractivity contribution in [3.63, 3.8) is 0 Å². The molecule has 1 unspecified atom stereocenters. The molecule has 1 aliphatic carbocycles. The van der Waals surface area contributed by atoms with Crippen molar-refractivity contribution in [2.45, 2.75) is 44.7 Å². The van der Waals surface area contributed by atoms with Crippen molar-refractivity contribution in [2.75, 3.05) is 11.4 Å². The lowest BCUT2D eigenvalue weighted by atomic mass is 10.1. The fraction of sp³-hybridized carbons (Fsp3) is 0.500. The molecule has 0 radical (unpaired) electrons. The van der Waals surface area contributed by atoms with Gasteiger partial charge in [0.25, 0.3) is 0 Å². The van der Waals surface area contributed by atoms with Crippen LogP contribution in [0.3, 0.4) is 0 Å². The van der Waals surface area contributed by atoms with E-state index in [2.05, 4.69) is 5.32 Å². The van der Waals surface area contributed by atoms with Gasteiger partial charge in [-0.1, -0.05) is 30.5 Å². The standard InChI is InChI=1S/C16H21N3O2/c1-10-6-7-13-12(8-10)15(17)16(21)19(13)9-14(20)18-11-4-2-3-5-11/h6-8,11,15H,2-5,9,17H2,1H3,(H,18,20). The summed E-state index contributed by atoms with van der Waals surface area (Å²) in [5.41, 5.74) is 8.61. The van der Waals surface area contributed by atoms with Crippen LogP contribution in [0.4, 0.5) is 5.69 Å². The second kappa shape index (κ2) is 5.48. The fourth-order valence-electron chi connectivity index (χ4n) is 3.24. The van der Waals surface area contributed by atoms with Crippen molar-refractivity contribution in [1.82, 2.24) is 5.32 Å². The van der Waals surface area contributed by atoms with Crippen molar-refractivity contribution < 1.29 is 9.59 Å². The highest BCUT2D eigenvalue weighted by Gasteiger charge is 2.36. The average Bonchev–Trinajstić information content (AvgIpc) is 3.02. The van der Waals surface area contributed by atoms with Crippen LogP contribution in [0.5, 0.6) is 0 Å². The van der Waals surface area contributed by atoms with Crippen LogP contribution in [0.1, 0.15) is 42.9 Å². The molecule has 3 N–H and O–H groups in total. The topological polar surface area (TPSA) is 75.4 Å². The highest BCUT2D eigenvalue weighted by Crippen LogP contribution is 2.34. The van der Waals surface area contributed by atoms with Gasteiger partial charge in [-0.05, 0) is 25.8 Å². The van der Waals surface area contributed by atoms with E-state index in [-0.39, 0.29) is 24.4 Å². The van der Waals surface area contributed by atoms with Gasteiger partial charge in [0.15, 0.2) is 0 Å². The summed E-state index contributed by atoms with van der Waals surface area (Å²) in [7, 11) is 0. The van der Waals surface area contributed by atoms with Crippen LogP contribution in [0.2, 0.25) is 0 Å². The number of carbonyl (C=O) groups excluding carboxylic acids is 2. The van der Waals surface area contributed by atoms with E-state index in [4.69, 9.17) is 5.73 Å². The van der Waals surface area contributed by atoms with Gasteiger partial charge >= 0.3 is 0 Å². The summed E-state index contributed by atoms with van der Waals surface area (Å²) in [5, 5.41) is 3.01. The number of fused-ring (bicyclic) bond motifs is 1. The highest BCUT2D eigenvalue weighted by atomic mass is 16.2. The number of hydrogen-bond donors (Lipinski definition) is 2. The number of amides is 2. The smallest absolute Gasteiger partial charge is 0.249 e. The molecule has 1 atom stereocenters. The zero-order chi connectivity index (χ0) is 15.0. The maximum Gasteiger partial charge on any atom is 0.249 e. The molecule has 5 heteroatoms. The van der Waals surface area contributed by atoms with E-state index in [0.717, 1.165) is 29.7 Å². The van der Waals surface area contributed by atoms with E-state index in [1.54, 1.807) is 0 Å². The molecule has 1 fully saturated rings. The largest absolute Gasteiger partial charge is 0.352 e. The molecule has 1 aromatic rings. The summed E-state index contributed by atoms with van der Waals surface area (Å²) in [6.45, 7) is 2.02. The lowest BCUT2D eigenvalue weighted by Gasteiger charge is -2.19. The lowest BCUT2D eigenvalue weighted by Crippen LogP contribution is -2.43. The Bertz CT molecular complexity index is 579. The number of aryl methyl sites for hydroxylation is 1. The molecule has 0 saturated heterocycles. The van der Waals surface area contributed by atoms with Gasteiger partial charge in [0.1, 0.15) is 12.6 Å². The predicted octanol–water partition coefficient (Wildman–Crippen LogP) is 1.40. The summed E-state index contributed by atoms with van der Waals surface area (Å²) < 4.78 is 0. The Morgan fingerprint density at radius 2 is 2.10 bits per heavy atom. The molecular weight excluding hydrogens is 266 g/mol. The second-order valence-electron chi connectivity index (χ2n) is 6.01. The SMILES string of the molecule is Cc1ccc2c(c1)C(N)C(=O)N2CC(=O)NC1CCCC1. The second-order valence-corrected chi connectivity index (χ2v) is 6.01. The van der Waals surface area contributed by atoms with E-state index < -0.39 is 6.04 Å². The number of nitrogens with zero attached hydrogens (tertiary/aromatic N) is 1. The third kappa shape index (κ3) is 2.65. The average molecular weight is 287 g/mol. The molecular formula is C16H21N3O2. The van der Waals surface area contributed by atoms with Crippen LogP contribution in [-0.4, -0.2) is 24.4 Å². The first kappa shape index (κ1) is 14.1. The Labute approximate surface area is 124 Å². The van der Waals surface area contributed by atoms with E-state index in [0.29, 0.717) is 0 Å². The van der Waals surface area contributed by atoms with Crippen molar-refractivity contribution in [2.24, 2.45) is 5.73 Å². The summed E-state index contributed by atoms with van der Waals surface area (Å²) in [6, 6.07) is 5.34. The summed E-state index contributed by atoms with van der Waals surface area (Å²) >= 11 is 0. The number of carbonyl (C=O) groups is 2. The van der Waals surface area contributed by atoms with E-state index in [9.17, 15) is 9.59 Å². The van der Waals surface area contributed by atoms with Crippen molar-refractivity contribution in [1.29, 1.82) is 0 Å². The van der Waals surface area contributed by atoms with Crippen LogP contribution in [-0.2, 0) is 9.59 Å². The van der Waals surface area contributed by atoms with Crippen LogP contribution in [0.15, 0.2) is 18.2 Å². The first-order chi connectivity index (χ1) is 10.1. The molecule has 0 bridgehead atoms. The van der Waals surface area contributed by atoms with Crippen LogP contribution >= 0.6 is 0 Å². The van der Waals surface area contributed by atoms with Gasteiger partial charge in [-0.25, -0.2) is 0 Å². The van der Waals surface area contributed by atoms with E-state index in [1.165, 1.54) is 17.7 Å². The molecule has 2 aliphatic rings. The third-order valence-electron chi connectivity index (χ3n) is 4.36. The minimum atomic E-state index is -0.654. The quantitative estimate of drug-likeness (QED) is 0.882. The van der Waals surface area contributed by atoms with Crippen LogP contribution < -0.4 is 16.0 Å².